The number of phenols is 1. The summed E-state index contributed by atoms with van der Waals surface area (Å²) in [5, 5.41) is 21.3. The molecule has 0 aromatic heterocycles. The highest BCUT2D eigenvalue weighted by atomic mass is 16.3. The van der Waals surface area contributed by atoms with Crippen molar-refractivity contribution in [3.05, 3.63) is 29.3 Å². The van der Waals surface area contributed by atoms with E-state index in [2.05, 4.69) is 31.8 Å². The van der Waals surface area contributed by atoms with Gasteiger partial charge in [0.2, 0.25) is 0 Å². The summed E-state index contributed by atoms with van der Waals surface area (Å²) in [6.07, 6.45) is 6.32. The lowest BCUT2D eigenvalue weighted by atomic mass is 9.49. The van der Waals surface area contributed by atoms with Gasteiger partial charge in [0.05, 0.1) is 0 Å². The summed E-state index contributed by atoms with van der Waals surface area (Å²) in [4.78, 5) is 0. The van der Waals surface area contributed by atoms with Gasteiger partial charge in [-0.15, -0.1) is 5.92 Å². The van der Waals surface area contributed by atoms with E-state index in [0.29, 0.717) is 29.4 Å². The minimum atomic E-state index is -0.819. The Kier molecular flexibility index (Phi) is 3.92. The van der Waals surface area contributed by atoms with Crippen LogP contribution in [-0.4, -0.2) is 15.8 Å². The third kappa shape index (κ3) is 2.28. The highest BCUT2D eigenvalue weighted by Gasteiger charge is 2.63. The lowest BCUT2D eigenvalue weighted by Crippen LogP contribution is -2.52. The van der Waals surface area contributed by atoms with Gasteiger partial charge in [0.25, 0.3) is 0 Å². The molecule has 134 valence electrons. The number of benzene rings is 1. The molecule has 1 aromatic rings. The van der Waals surface area contributed by atoms with E-state index < -0.39 is 5.60 Å². The Morgan fingerprint density at radius 3 is 2.80 bits per heavy atom. The van der Waals surface area contributed by atoms with E-state index in [0.717, 1.165) is 32.1 Å². The van der Waals surface area contributed by atoms with E-state index in [-0.39, 0.29) is 5.41 Å². The molecule has 0 saturated heterocycles. The summed E-state index contributed by atoms with van der Waals surface area (Å²) >= 11 is 0. The van der Waals surface area contributed by atoms with Crippen LogP contribution in [0.2, 0.25) is 0 Å². The molecule has 25 heavy (non-hydrogen) atoms. The molecule has 2 nitrogen and oxygen atoms in total. The topological polar surface area (TPSA) is 40.5 Å². The summed E-state index contributed by atoms with van der Waals surface area (Å²) in [5.41, 5.74) is 1.89. The molecule has 6 atom stereocenters. The lowest BCUT2D eigenvalue weighted by molar-refractivity contribution is -0.0846. The van der Waals surface area contributed by atoms with Crippen molar-refractivity contribution in [1.29, 1.82) is 0 Å². The molecule has 2 fully saturated rings. The van der Waals surface area contributed by atoms with Gasteiger partial charge in [-0.25, -0.2) is 0 Å². The van der Waals surface area contributed by atoms with Gasteiger partial charge in [-0.2, -0.15) is 0 Å². The molecule has 2 N–H and O–H groups in total. The van der Waals surface area contributed by atoms with Crippen LogP contribution in [0, 0.1) is 35.0 Å². The van der Waals surface area contributed by atoms with E-state index in [1.165, 1.54) is 17.5 Å². The van der Waals surface area contributed by atoms with Crippen LogP contribution in [0.3, 0.4) is 0 Å². The van der Waals surface area contributed by atoms with Crippen LogP contribution in [0.25, 0.3) is 0 Å². The third-order valence-electron chi connectivity index (χ3n) is 7.84. The maximum Gasteiger partial charge on any atom is 0.131 e. The van der Waals surface area contributed by atoms with Crippen LogP contribution in [0.15, 0.2) is 18.2 Å². The third-order valence-corrected chi connectivity index (χ3v) is 7.84. The molecular formula is C23H30O2. The maximum absolute atomic E-state index is 11.4. The van der Waals surface area contributed by atoms with Gasteiger partial charge in [-0.1, -0.05) is 32.3 Å². The van der Waals surface area contributed by atoms with E-state index in [1.807, 2.05) is 19.1 Å². The largest absolute Gasteiger partial charge is 0.508 e. The van der Waals surface area contributed by atoms with E-state index in [1.54, 1.807) is 0 Å². The number of hydrogen-bond acceptors (Lipinski definition) is 2. The van der Waals surface area contributed by atoms with Crippen LogP contribution in [0.1, 0.15) is 69.9 Å². The number of rotatable bonds is 1. The average molecular weight is 338 g/mol. The molecular weight excluding hydrogens is 308 g/mol. The fourth-order valence-electron chi connectivity index (χ4n) is 6.69. The number of hydrogen-bond donors (Lipinski definition) is 2. The standard InChI is InChI=1S/C23H30O2/c1-4-11-23(25)12-10-20-19-8-6-16-13-17(24)7-9-18(16)21(19)15(5-2)14-22(20,23)3/h7,9,13,15,19-21,24-25H,5-6,8,10,12,14H2,1-3H3/t15-,19-,20-,21+,22-,23-/m0/s1. The van der Waals surface area contributed by atoms with Crippen molar-refractivity contribution in [2.45, 2.75) is 70.8 Å². The molecule has 3 aliphatic rings. The molecule has 0 unspecified atom stereocenters. The predicted molar refractivity (Wildman–Crippen MR) is 100 cm³/mol. The Bertz CT molecular complexity index is 742. The molecule has 0 spiro atoms. The monoisotopic (exact) mass is 338 g/mol. The first kappa shape index (κ1) is 17.0. The Labute approximate surface area is 151 Å². The summed E-state index contributed by atoms with van der Waals surface area (Å²) in [6, 6.07) is 5.99. The van der Waals surface area contributed by atoms with Crippen molar-refractivity contribution in [2.24, 2.45) is 23.2 Å². The maximum atomic E-state index is 11.4. The Balaban J connectivity index is 1.79. The highest BCUT2D eigenvalue weighted by molar-refractivity contribution is 5.41. The average Bonchev–Trinajstić information content (AvgIpc) is 2.85. The van der Waals surface area contributed by atoms with Gasteiger partial charge in [-0.05, 0) is 86.0 Å². The van der Waals surface area contributed by atoms with Gasteiger partial charge in [0.1, 0.15) is 11.4 Å². The second-order valence-electron chi connectivity index (χ2n) is 8.78. The normalized spacial score (nSPS) is 41.9. The molecule has 0 bridgehead atoms. The molecule has 2 heteroatoms. The minimum Gasteiger partial charge on any atom is -0.508 e. The molecule has 4 rings (SSSR count). The van der Waals surface area contributed by atoms with Crippen LogP contribution in [-0.2, 0) is 6.42 Å². The first-order chi connectivity index (χ1) is 11.9. The highest BCUT2D eigenvalue weighted by Crippen LogP contribution is 2.66. The quantitative estimate of drug-likeness (QED) is 0.732. The van der Waals surface area contributed by atoms with Crippen molar-refractivity contribution in [2.75, 3.05) is 0 Å². The zero-order chi connectivity index (χ0) is 17.8. The first-order valence-corrected chi connectivity index (χ1v) is 9.91. The summed E-state index contributed by atoms with van der Waals surface area (Å²) in [6.45, 7) is 6.45. The fraction of sp³-hybridized carbons (Fsp3) is 0.652. The van der Waals surface area contributed by atoms with Crippen LogP contribution in [0.5, 0.6) is 5.75 Å². The smallest absolute Gasteiger partial charge is 0.131 e. The fourth-order valence-corrected chi connectivity index (χ4v) is 6.69. The number of aryl methyl sites for hydroxylation is 1. The summed E-state index contributed by atoms with van der Waals surface area (Å²) in [7, 11) is 0. The Morgan fingerprint density at radius 2 is 2.08 bits per heavy atom. The van der Waals surface area contributed by atoms with Crippen LogP contribution < -0.4 is 0 Å². The summed E-state index contributed by atoms with van der Waals surface area (Å²) in [5.74, 6) is 8.93. The summed E-state index contributed by atoms with van der Waals surface area (Å²) < 4.78 is 0. The van der Waals surface area contributed by atoms with E-state index in [9.17, 15) is 10.2 Å². The van der Waals surface area contributed by atoms with Gasteiger partial charge in [0.15, 0.2) is 0 Å². The first-order valence-electron chi connectivity index (χ1n) is 9.91. The number of aliphatic hydroxyl groups is 1. The number of phenolic OH excluding ortho intramolecular Hbond substituents is 1. The van der Waals surface area contributed by atoms with Gasteiger partial charge < -0.3 is 10.2 Å². The van der Waals surface area contributed by atoms with Crippen molar-refractivity contribution in [3.63, 3.8) is 0 Å². The second-order valence-corrected chi connectivity index (χ2v) is 8.78. The molecule has 0 heterocycles. The van der Waals surface area contributed by atoms with Crippen molar-refractivity contribution < 1.29 is 10.2 Å². The van der Waals surface area contributed by atoms with Crippen LogP contribution >= 0.6 is 0 Å². The Hall–Kier alpha value is -1.46. The van der Waals surface area contributed by atoms with Crippen molar-refractivity contribution >= 4 is 0 Å². The molecule has 0 radical (unpaired) electrons. The number of aromatic hydroxyl groups is 1. The molecule has 0 aliphatic heterocycles. The Morgan fingerprint density at radius 1 is 1.28 bits per heavy atom. The van der Waals surface area contributed by atoms with Gasteiger partial charge in [-0.3, -0.25) is 0 Å². The minimum absolute atomic E-state index is 0.0910. The van der Waals surface area contributed by atoms with Gasteiger partial charge >= 0.3 is 0 Å². The van der Waals surface area contributed by atoms with Crippen LogP contribution in [0.4, 0.5) is 0 Å². The SMILES string of the molecule is CC#C[C@]1(O)CC[C@H]2[C@@H]3CCc4cc(O)ccc4[C@H]3[C@@H](CC)C[C@@]21C. The molecule has 1 aromatic carbocycles. The number of fused-ring (bicyclic) bond motifs is 5. The zero-order valence-corrected chi connectivity index (χ0v) is 15.7. The van der Waals surface area contributed by atoms with Crippen molar-refractivity contribution in [1.82, 2.24) is 0 Å². The molecule has 0 amide bonds. The predicted octanol–water partition coefficient (Wildman–Crippen LogP) is 4.64. The second kappa shape index (κ2) is 5.78. The van der Waals surface area contributed by atoms with Crippen molar-refractivity contribution in [3.8, 4) is 17.6 Å². The van der Waals surface area contributed by atoms with E-state index in [4.69, 9.17) is 0 Å². The molecule has 3 aliphatic carbocycles. The van der Waals surface area contributed by atoms with E-state index >= 15 is 0 Å². The molecule has 2 saturated carbocycles. The lowest BCUT2D eigenvalue weighted by Gasteiger charge is -2.55. The van der Waals surface area contributed by atoms with Gasteiger partial charge in [0, 0.05) is 5.41 Å². The zero-order valence-electron chi connectivity index (χ0n) is 15.7.